The van der Waals surface area contributed by atoms with E-state index in [2.05, 4.69) is 0 Å². The van der Waals surface area contributed by atoms with E-state index in [9.17, 15) is 22.4 Å². The number of rotatable bonds is 2. The molecule has 3 rings (SSSR count). The summed E-state index contributed by atoms with van der Waals surface area (Å²) in [5.74, 6) is -2.51. The third kappa shape index (κ3) is 4.05. The molecular formula is C19H24BF4NO3. The van der Waals surface area contributed by atoms with Crippen LogP contribution in [-0.4, -0.2) is 48.4 Å². The fourth-order valence-corrected chi connectivity index (χ4v) is 3.44. The molecule has 0 radical (unpaired) electrons. The topological polar surface area (TPSA) is 38.8 Å². The van der Waals surface area contributed by atoms with Gasteiger partial charge in [0.25, 0.3) is 5.91 Å². The van der Waals surface area contributed by atoms with E-state index < -0.39 is 42.1 Å². The fraction of sp³-hybridized carbons (Fsp3) is 0.632. The number of carbonyl (C=O) groups excluding carboxylic acids is 1. The van der Waals surface area contributed by atoms with Crippen molar-refractivity contribution in [2.24, 2.45) is 5.92 Å². The Hall–Kier alpha value is -1.61. The van der Waals surface area contributed by atoms with Crippen molar-refractivity contribution < 1.29 is 31.7 Å². The molecule has 0 saturated carbocycles. The van der Waals surface area contributed by atoms with Gasteiger partial charge in [0.1, 0.15) is 5.82 Å². The maximum Gasteiger partial charge on any atom is 0.494 e. The number of amides is 1. The van der Waals surface area contributed by atoms with Crippen molar-refractivity contribution in [2.45, 2.75) is 57.9 Å². The number of alkyl halides is 3. The quantitative estimate of drug-likeness (QED) is 0.562. The largest absolute Gasteiger partial charge is 0.494 e. The molecule has 9 heteroatoms. The zero-order valence-corrected chi connectivity index (χ0v) is 16.4. The summed E-state index contributed by atoms with van der Waals surface area (Å²) in [5, 5.41) is 0. The molecule has 0 unspecified atom stereocenters. The first-order valence-electron chi connectivity index (χ1n) is 9.32. The van der Waals surface area contributed by atoms with Gasteiger partial charge in [-0.15, -0.1) is 0 Å². The highest BCUT2D eigenvalue weighted by Crippen LogP contribution is 2.37. The Morgan fingerprint density at radius 3 is 2.11 bits per heavy atom. The lowest BCUT2D eigenvalue weighted by atomic mass is 9.78. The number of hydrogen-bond acceptors (Lipinski definition) is 3. The third-order valence-corrected chi connectivity index (χ3v) is 5.94. The van der Waals surface area contributed by atoms with Crippen molar-refractivity contribution in [2.75, 3.05) is 13.1 Å². The van der Waals surface area contributed by atoms with E-state index in [1.165, 1.54) is 17.0 Å². The van der Waals surface area contributed by atoms with E-state index in [1.54, 1.807) is 0 Å². The normalized spacial score (nSPS) is 22.6. The van der Waals surface area contributed by atoms with Crippen LogP contribution >= 0.6 is 0 Å². The van der Waals surface area contributed by atoms with Crippen LogP contribution in [0.4, 0.5) is 17.6 Å². The van der Waals surface area contributed by atoms with Gasteiger partial charge in [-0.3, -0.25) is 4.79 Å². The Bertz CT molecular complexity index is 742. The highest BCUT2D eigenvalue weighted by atomic mass is 19.4. The second-order valence-corrected chi connectivity index (χ2v) is 8.47. The van der Waals surface area contributed by atoms with Crippen molar-refractivity contribution >= 4 is 18.5 Å². The molecule has 0 atom stereocenters. The van der Waals surface area contributed by atoms with Gasteiger partial charge in [-0.1, -0.05) is 0 Å². The van der Waals surface area contributed by atoms with Crippen molar-refractivity contribution in [1.82, 2.24) is 4.90 Å². The molecule has 1 aromatic rings. The minimum atomic E-state index is -4.25. The number of benzene rings is 1. The minimum Gasteiger partial charge on any atom is -0.399 e. The Morgan fingerprint density at radius 2 is 1.61 bits per heavy atom. The van der Waals surface area contributed by atoms with Crippen LogP contribution in [0, 0.1) is 11.7 Å². The molecule has 0 N–H and O–H groups in total. The van der Waals surface area contributed by atoms with Gasteiger partial charge in [0.2, 0.25) is 0 Å². The molecule has 2 saturated heterocycles. The first kappa shape index (κ1) is 21.1. The first-order valence-corrected chi connectivity index (χ1v) is 9.32. The summed E-state index contributed by atoms with van der Waals surface area (Å²) in [6.45, 7) is 7.44. The molecule has 2 fully saturated rings. The van der Waals surface area contributed by atoms with Gasteiger partial charge in [-0.05, 0) is 64.2 Å². The van der Waals surface area contributed by atoms with Crippen molar-refractivity contribution in [3.05, 3.63) is 29.6 Å². The van der Waals surface area contributed by atoms with Gasteiger partial charge >= 0.3 is 13.3 Å². The molecule has 0 bridgehead atoms. The van der Waals surface area contributed by atoms with Crippen molar-refractivity contribution in [3.63, 3.8) is 0 Å². The monoisotopic (exact) mass is 401 g/mol. The predicted octanol–water partition coefficient (Wildman–Crippen LogP) is 3.54. The second-order valence-electron chi connectivity index (χ2n) is 8.47. The molecule has 1 aromatic carbocycles. The van der Waals surface area contributed by atoms with Gasteiger partial charge in [-0.25, -0.2) is 4.39 Å². The van der Waals surface area contributed by atoms with E-state index in [-0.39, 0.29) is 31.5 Å². The van der Waals surface area contributed by atoms with Crippen LogP contribution in [0.5, 0.6) is 0 Å². The van der Waals surface area contributed by atoms with Crippen molar-refractivity contribution in [1.29, 1.82) is 0 Å². The molecule has 0 aliphatic carbocycles. The zero-order valence-electron chi connectivity index (χ0n) is 16.4. The highest BCUT2D eigenvalue weighted by molar-refractivity contribution is 6.62. The summed E-state index contributed by atoms with van der Waals surface area (Å²) in [6, 6.07) is 3.82. The maximum atomic E-state index is 14.2. The van der Waals surface area contributed by atoms with E-state index >= 15 is 0 Å². The maximum absolute atomic E-state index is 14.2. The summed E-state index contributed by atoms with van der Waals surface area (Å²) in [5.41, 5.74) is -0.788. The van der Waals surface area contributed by atoms with Gasteiger partial charge in [0.15, 0.2) is 0 Å². The molecular weight excluding hydrogens is 377 g/mol. The molecule has 0 spiro atoms. The van der Waals surface area contributed by atoms with Crippen LogP contribution in [0.15, 0.2) is 18.2 Å². The molecule has 0 aromatic heterocycles. The van der Waals surface area contributed by atoms with Crippen LogP contribution in [0.25, 0.3) is 0 Å². The standard InChI is InChI=1S/C19H24BF4NO3/c1-17(2)18(3,4)28-20(27-17)14-9-12(10-15(21)11-14)16(26)25-7-5-13(6-8-25)19(22,23)24/h9-11,13H,5-8H2,1-4H3. The summed E-state index contributed by atoms with van der Waals surface area (Å²) in [6.07, 6.45) is -4.54. The number of carbonyl (C=O) groups is 1. The van der Waals surface area contributed by atoms with Crippen LogP contribution < -0.4 is 5.46 Å². The Labute approximate surface area is 162 Å². The van der Waals surface area contributed by atoms with Gasteiger partial charge < -0.3 is 14.2 Å². The van der Waals surface area contributed by atoms with Crippen molar-refractivity contribution in [3.8, 4) is 0 Å². The van der Waals surface area contributed by atoms with Gasteiger partial charge in [0.05, 0.1) is 17.1 Å². The number of piperidine rings is 1. The summed E-state index contributed by atoms with van der Waals surface area (Å²) < 4.78 is 64.4. The summed E-state index contributed by atoms with van der Waals surface area (Å²) in [7, 11) is -0.830. The fourth-order valence-electron chi connectivity index (χ4n) is 3.44. The smallest absolute Gasteiger partial charge is 0.399 e. The number of halogens is 4. The average molecular weight is 401 g/mol. The van der Waals surface area contributed by atoms with Crippen LogP contribution in [0.1, 0.15) is 50.9 Å². The lowest BCUT2D eigenvalue weighted by Crippen LogP contribution is -2.42. The lowest BCUT2D eigenvalue weighted by molar-refractivity contribution is -0.183. The Morgan fingerprint density at radius 1 is 1.07 bits per heavy atom. The summed E-state index contributed by atoms with van der Waals surface area (Å²) >= 11 is 0. The third-order valence-electron chi connectivity index (χ3n) is 5.94. The second kappa shape index (κ2) is 7.02. The summed E-state index contributed by atoms with van der Waals surface area (Å²) in [4.78, 5) is 14.1. The molecule has 1 amide bonds. The molecule has 2 heterocycles. The van der Waals surface area contributed by atoms with E-state index in [0.29, 0.717) is 5.46 Å². The Balaban J connectivity index is 1.76. The molecule has 154 valence electrons. The van der Waals surface area contributed by atoms with E-state index in [1.807, 2.05) is 27.7 Å². The van der Waals surface area contributed by atoms with Gasteiger partial charge in [-0.2, -0.15) is 13.2 Å². The number of likely N-dealkylation sites (tertiary alicyclic amines) is 1. The minimum absolute atomic E-state index is 0.00858. The zero-order chi connectivity index (χ0) is 20.9. The number of hydrogen-bond donors (Lipinski definition) is 0. The highest BCUT2D eigenvalue weighted by Gasteiger charge is 2.52. The molecule has 2 aliphatic heterocycles. The lowest BCUT2D eigenvalue weighted by Gasteiger charge is -2.33. The van der Waals surface area contributed by atoms with E-state index in [4.69, 9.17) is 9.31 Å². The van der Waals surface area contributed by atoms with Gasteiger partial charge in [0, 0.05) is 18.7 Å². The number of nitrogens with zero attached hydrogens (tertiary/aromatic N) is 1. The van der Waals surface area contributed by atoms with Crippen LogP contribution in [-0.2, 0) is 9.31 Å². The molecule has 2 aliphatic rings. The first-order chi connectivity index (χ1) is 12.8. The molecule has 28 heavy (non-hydrogen) atoms. The van der Waals surface area contributed by atoms with E-state index in [0.717, 1.165) is 6.07 Å². The molecule has 4 nitrogen and oxygen atoms in total. The van der Waals surface area contributed by atoms with Crippen LogP contribution in [0.2, 0.25) is 0 Å². The Kier molecular flexibility index (Phi) is 5.29. The average Bonchev–Trinajstić information content (AvgIpc) is 2.81. The predicted molar refractivity (Wildman–Crippen MR) is 96.8 cm³/mol. The SMILES string of the molecule is CC1(C)OB(c2cc(F)cc(C(=O)N3CCC(C(F)(F)F)CC3)c2)OC1(C)C. The van der Waals surface area contributed by atoms with Crippen LogP contribution in [0.3, 0.4) is 0 Å².